The molecule has 1 aliphatic carbocycles. The molecule has 0 spiro atoms. The maximum absolute atomic E-state index is 13.3. The second-order valence-electron chi connectivity index (χ2n) is 4.60. The molecule has 0 saturated heterocycles. The largest absolute Gasteiger partial charge is 0.397 e. The van der Waals surface area contributed by atoms with Gasteiger partial charge in [0.25, 0.3) is 0 Å². The molecule has 0 radical (unpaired) electrons. The Labute approximate surface area is 110 Å². The molecule has 0 amide bonds. The number of nitrogens with two attached hydrogens (primary N) is 1. The van der Waals surface area contributed by atoms with Crippen LogP contribution in [0.4, 0.5) is 15.8 Å². The predicted octanol–water partition coefficient (Wildman–Crippen LogP) is 3.94. The summed E-state index contributed by atoms with van der Waals surface area (Å²) < 4.78 is 13.8. The van der Waals surface area contributed by atoms with E-state index >= 15 is 0 Å². The van der Waals surface area contributed by atoms with Crippen molar-refractivity contribution in [1.82, 2.24) is 0 Å². The molecule has 94 valence electrons. The maximum atomic E-state index is 13.3. The van der Waals surface area contributed by atoms with Gasteiger partial charge >= 0.3 is 0 Å². The molecular formula is C13H18BrFN2. The Morgan fingerprint density at radius 2 is 2.18 bits per heavy atom. The second-order valence-corrected chi connectivity index (χ2v) is 5.46. The Morgan fingerprint density at radius 1 is 1.47 bits per heavy atom. The van der Waals surface area contributed by atoms with E-state index in [2.05, 4.69) is 27.8 Å². The van der Waals surface area contributed by atoms with E-state index in [1.165, 1.54) is 18.9 Å². The third-order valence-corrected chi connectivity index (χ3v) is 3.73. The normalized spacial score (nSPS) is 15.0. The van der Waals surface area contributed by atoms with Crippen LogP contribution in [-0.2, 0) is 0 Å². The number of unbranched alkanes of at least 4 members (excludes halogenated alkanes) is 1. The second kappa shape index (κ2) is 5.25. The van der Waals surface area contributed by atoms with Crippen molar-refractivity contribution in [2.75, 3.05) is 17.2 Å². The van der Waals surface area contributed by atoms with E-state index in [-0.39, 0.29) is 5.82 Å². The first kappa shape index (κ1) is 12.7. The topological polar surface area (TPSA) is 29.3 Å². The summed E-state index contributed by atoms with van der Waals surface area (Å²) in [6.45, 7) is 3.18. The minimum atomic E-state index is -0.294. The van der Waals surface area contributed by atoms with Gasteiger partial charge in [-0.05, 0) is 41.3 Å². The predicted molar refractivity (Wildman–Crippen MR) is 73.8 cm³/mol. The van der Waals surface area contributed by atoms with Crippen LogP contribution in [0.25, 0.3) is 0 Å². The Kier molecular flexibility index (Phi) is 3.92. The minimum Gasteiger partial charge on any atom is -0.397 e. The van der Waals surface area contributed by atoms with Gasteiger partial charge < -0.3 is 10.6 Å². The smallest absolute Gasteiger partial charge is 0.139 e. The Bertz CT molecular complexity index is 405. The van der Waals surface area contributed by atoms with Crippen molar-refractivity contribution >= 4 is 27.3 Å². The fraction of sp³-hybridized carbons (Fsp3) is 0.538. The third kappa shape index (κ3) is 2.92. The van der Waals surface area contributed by atoms with E-state index in [1.807, 2.05) is 0 Å². The Balaban J connectivity index is 2.25. The molecule has 1 aromatic carbocycles. The van der Waals surface area contributed by atoms with Crippen LogP contribution < -0.4 is 10.6 Å². The van der Waals surface area contributed by atoms with Crippen molar-refractivity contribution in [2.45, 2.75) is 38.6 Å². The molecule has 2 rings (SSSR count). The first-order valence-corrected chi connectivity index (χ1v) is 6.94. The van der Waals surface area contributed by atoms with E-state index in [9.17, 15) is 4.39 Å². The van der Waals surface area contributed by atoms with Crippen molar-refractivity contribution in [3.8, 4) is 0 Å². The molecule has 1 saturated carbocycles. The van der Waals surface area contributed by atoms with E-state index in [0.29, 0.717) is 16.2 Å². The quantitative estimate of drug-likeness (QED) is 0.835. The number of nitrogens with zero attached hydrogens (tertiary/aromatic N) is 1. The van der Waals surface area contributed by atoms with Gasteiger partial charge in [0.05, 0.1) is 15.8 Å². The maximum Gasteiger partial charge on any atom is 0.139 e. The summed E-state index contributed by atoms with van der Waals surface area (Å²) in [5.41, 5.74) is 7.43. The zero-order valence-corrected chi connectivity index (χ0v) is 11.6. The van der Waals surface area contributed by atoms with Gasteiger partial charge in [-0.25, -0.2) is 4.39 Å². The van der Waals surface area contributed by atoms with Gasteiger partial charge in [0.1, 0.15) is 5.82 Å². The van der Waals surface area contributed by atoms with Crippen LogP contribution in [0.2, 0.25) is 0 Å². The lowest BCUT2D eigenvalue weighted by Crippen LogP contribution is -2.27. The number of hydrogen-bond acceptors (Lipinski definition) is 2. The molecule has 0 unspecified atom stereocenters. The zero-order valence-electron chi connectivity index (χ0n) is 10.0. The van der Waals surface area contributed by atoms with Crippen LogP contribution in [0, 0.1) is 5.82 Å². The van der Waals surface area contributed by atoms with Gasteiger partial charge in [-0.2, -0.15) is 0 Å². The number of benzene rings is 1. The molecule has 4 heteroatoms. The minimum absolute atomic E-state index is 0.294. The van der Waals surface area contributed by atoms with Crippen LogP contribution in [0.15, 0.2) is 16.6 Å². The van der Waals surface area contributed by atoms with Crippen LogP contribution >= 0.6 is 15.9 Å². The van der Waals surface area contributed by atoms with Crippen LogP contribution in [0.1, 0.15) is 32.6 Å². The number of nitrogen functional groups attached to an aromatic ring is 1. The van der Waals surface area contributed by atoms with Gasteiger partial charge in [-0.1, -0.05) is 13.3 Å². The molecule has 17 heavy (non-hydrogen) atoms. The van der Waals surface area contributed by atoms with Gasteiger partial charge in [0.15, 0.2) is 0 Å². The molecule has 1 aromatic rings. The summed E-state index contributed by atoms with van der Waals surface area (Å²) in [5, 5.41) is 0. The lowest BCUT2D eigenvalue weighted by Gasteiger charge is -2.26. The van der Waals surface area contributed by atoms with Gasteiger partial charge in [-0.15, -0.1) is 0 Å². The van der Waals surface area contributed by atoms with Gasteiger partial charge in [0.2, 0.25) is 0 Å². The lowest BCUT2D eigenvalue weighted by atomic mass is 10.2. The molecule has 0 aromatic heterocycles. The summed E-state index contributed by atoms with van der Waals surface area (Å²) in [6.07, 6.45) is 4.74. The van der Waals surface area contributed by atoms with Crippen molar-refractivity contribution in [1.29, 1.82) is 0 Å². The monoisotopic (exact) mass is 300 g/mol. The standard InChI is InChI=1S/C13H18BrFN2/c1-2-3-6-17(9-4-5-9)13-7-10(14)11(15)8-12(13)16/h7-9H,2-6,16H2,1H3. The number of anilines is 2. The summed E-state index contributed by atoms with van der Waals surface area (Å²) in [5.74, 6) is -0.294. The summed E-state index contributed by atoms with van der Waals surface area (Å²) in [6, 6.07) is 3.81. The highest BCUT2D eigenvalue weighted by molar-refractivity contribution is 9.10. The molecule has 2 nitrogen and oxygen atoms in total. The van der Waals surface area contributed by atoms with Crippen molar-refractivity contribution < 1.29 is 4.39 Å². The first-order chi connectivity index (χ1) is 8.13. The summed E-state index contributed by atoms with van der Waals surface area (Å²) >= 11 is 3.23. The van der Waals surface area contributed by atoms with Crippen LogP contribution in [-0.4, -0.2) is 12.6 Å². The van der Waals surface area contributed by atoms with Gasteiger partial charge in [0, 0.05) is 18.7 Å². The van der Waals surface area contributed by atoms with E-state index in [0.717, 1.165) is 25.1 Å². The van der Waals surface area contributed by atoms with E-state index in [1.54, 1.807) is 6.07 Å². The highest BCUT2D eigenvalue weighted by Crippen LogP contribution is 2.37. The van der Waals surface area contributed by atoms with E-state index < -0.39 is 0 Å². The lowest BCUT2D eigenvalue weighted by molar-refractivity contribution is 0.621. The third-order valence-electron chi connectivity index (χ3n) is 3.12. The summed E-state index contributed by atoms with van der Waals surface area (Å²) in [7, 11) is 0. The zero-order chi connectivity index (χ0) is 12.4. The molecule has 1 aliphatic rings. The fourth-order valence-corrected chi connectivity index (χ4v) is 2.35. The molecular weight excluding hydrogens is 283 g/mol. The first-order valence-electron chi connectivity index (χ1n) is 6.14. The molecule has 0 bridgehead atoms. The highest BCUT2D eigenvalue weighted by atomic mass is 79.9. The molecule has 0 heterocycles. The molecule has 2 N–H and O–H groups in total. The average Bonchev–Trinajstić information content (AvgIpc) is 3.10. The number of rotatable bonds is 5. The molecule has 0 aliphatic heterocycles. The highest BCUT2D eigenvalue weighted by Gasteiger charge is 2.30. The van der Waals surface area contributed by atoms with Crippen molar-refractivity contribution in [2.24, 2.45) is 0 Å². The number of halogens is 2. The van der Waals surface area contributed by atoms with Crippen LogP contribution in [0.3, 0.4) is 0 Å². The SMILES string of the molecule is CCCCN(c1cc(Br)c(F)cc1N)C1CC1. The Hall–Kier alpha value is -0.770. The summed E-state index contributed by atoms with van der Waals surface area (Å²) in [4.78, 5) is 2.32. The van der Waals surface area contributed by atoms with E-state index in [4.69, 9.17) is 5.73 Å². The average molecular weight is 301 g/mol. The van der Waals surface area contributed by atoms with Crippen molar-refractivity contribution in [3.63, 3.8) is 0 Å². The molecule has 0 atom stereocenters. The van der Waals surface area contributed by atoms with Gasteiger partial charge in [-0.3, -0.25) is 0 Å². The Morgan fingerprint density at radius 3 is 2.76 bits per heavy atom. The number of hydrogen-bond donors (Lipinski definition) is 1. The molecule has 1 fully saturated rings. The van der Waals surface area contributed by atoms with Crippen LogP contribution in [0.5, 0.6) is 0 Å². The fourth-order valence-electron chi connectivity index (χ4n) is 2.01. The van der Waals surface area contributed by atoms with Crippen molar-refractivity contribution in [3.05, 3.63) is 22.4 Å².